The zero-order valence-corrected chi connectivity index (χ0v) is 32.1. The number of hydrazine groups is 1. The molecule has 0 bridgehead atoms. The van der Waals surface area contributed by atoms with Gasteiger partial charge in [0.2, 0.25) is 11.8 Å². The minimum absolute atomic E-state index is 0. The van der Waals surface area contributed by atoms with Gasteiger partial charge >= 0.3 is 6.03 Å². The van der Waals surface area contributed by atoms with E-state index in [1.165, 1.54) is 0 Å². The van der Waals surface area contributed by atoms with Crippen molar-refractivity contribution in [2.75, 3.05) is 13.1 Å². The summed E-state index contributed by atoms with van der Waals surface area (Å²) < 4.78 is 1.65. The molecule has 0 spiro atoms. The largest absolute Gasteiger partial charge is 0.508 e. The van der Waals surface area contributed by atoms with Crippen molar-refractivity contribution in [1.29, 1.82) is 0 Å². The molecule has 6 aromatic rings. The smallest absolute Gasteiger partial charge is 0.334 e. The number of carbonyl (C=O) groups is 3. The van der Waals surface area contributed by atoms with E-state index in [0.717, 1.165) is 33.2 Å². The Labute approximate surface area is 326 Å². The average Bonchev–Trinajstić information content (AvgIpc) is 3.66. The van der Waals surface area contributed by atoms with E-state index in [4.69, 9.17) is 0 Å². The Bertz CT molecular complexity index is 2250. The van der Waals surface area contributed by atoms with Crippen molar-refractivity contribution in [2.45, 2.75) is 38.3 Å². The Balaban J connectivity index is 0.00000450. The zero-order chi connectivity index (χ0) is 36.3. The van der Waals surface area contributed by atoms with Crippen LogP contribution >= 0.6 is 0 Å². The van der Waals surface area contributed by atoms with Crippen LogP contribution in [0, 0.1) is 0 Å². The molecule has 2 N–H and O–H groups in total. The minimum atomic E-state index is -0.905. The van der Waals surface area contributed by atoms with E-state index in [0.29, 0.717) is 5.82 Å². The van der Waals surface area contributed by atoms with Gasteiger partial charge in [0.1, 0.15) is 18.0 Å². The summed E-state index contributed by atoms with van der Waals surface area (Å²) in [4.78, 5) is 55.5. The number of nitrogens with zero attached hydrogens (tertiary/aromatic N) is 8. The molecular formula is C40H37N9O4W. The summed E-state index contributed by atoms with van der Waals surface area (Å²) in [5.41, 5.74) is 4.17. The summed E-state index contributed by atoms with van der Waals surface area (Å²) in [6.45, 7) is 0.662. The number of aromatic hydroxyl groups is 1. The van der Waals surface area contributed by atoms with Gasteiger partial charge < -0.3 is 20.2 Å². The molecule has 13 nitrogen and oxygen atoms in total. The van der Waals surface area contributed by atoms with Gasteiger partial charge in [0, 0.05) is 76.7 Å². The summed E-state index contributed by atoms with van der Waals surface area (Å²) in [6, 6.07) is 30.1. The number of phenolic OH excluding ortho intramolecular Hbond substituents is 1. The number of nitrogens with one attached hydrogen (secondary N) is 1. The minimum Gasteiger partial charge on any atom is -0.508 e. The van der Waals surface area contributed by atoms with Gasteiger partial charge in [-0.1, -0.05) is 66.7 Å². The van der Waals surface area contributed by atoms with E-state index >= 15 is 0 Å². The fraction of sp³-hybridized carbons (Fsp3) is 0.200. The van der Waals surface area contributed by atoms with Gasteiger partial charge in [-0.25, -0.2) is 24.5 Å². The second-order valence-corrected chi connectivity index (χ2v) is 13.2. The van der Waals surface area contributed by atoms with Crippen LogP contribution in [0.25, 0.3) is 16.7 Å². The first-order valence-corrected chi connectivity index (χ1v) is 17.4. The molecule has 0 aliphatic carbocycles. The molecule has 3 aromatic carbocycles. The van der Waals surface area contributed by atoms with Crippen molar-refractivity contribution in [1.82, 2.24) is 44.9 Å². The zero-order valence-electron chi connectivity index (χ0n) is 29.2. The van der Waals surface area contributed by atoms with Crippen LogP contribution < -0.4 is 5.32 Å². The van der Waals surface area contributed by atoms with Crippen molar-refractivity contribution >= 4 is 28.7 Å². The summed E-state index contributed by atoms with van der Waals surface area (Å²) in [7, 11) is 0. The summed E-state index contributed by atoms with van der Waals surface area (Å²) >= 11 is 0. The number of benzene rings is 3. The number of aromatic nitrogens is 4. The van der Waals surface area contributed by atoms with Gasteiger partial charge in [-0.3, -0.25) is 14.6 Å². The molecule has 0 unspecified atom stereocenters. The van der Waals surface area contributed by atoms with Crippen LogP contribution in [0.2, 0.25) is 0 Å². The maximum atomic E-state index is 14.6. The van der Waals surface area contributed by atoms with Gasteiger partial charge in [-0.15, -0.1) is 0 Å². The number of rotatable bonds is 9. The van der Waals surface area contributed by atoms with Crippen LogP contribution in [-0.2, 0) is 56.7 Å². The predicted molar refractivity (Wildman–Crippen MR) is 196 cm³/mol. The van der Waals surface area contributed by atoms with Gasteiger partial charge in [0.15, 0.2) is 5.82 Å². The standard InChI is InChI=1S/C40H37N9O4.W/c50-32-16-14-28(15-17-32)20-35-39(52)45(25-31-10-6-12-34-33(31)11-7-19-41-34)26-37-48(35)38(51)27-46(49(37)40(53)43-21-29-8-2-1-3-9-29)23-30-22-44-47(24-30)36-13-4-5-18-42-36;/h1-19,22,24,35,37,50H,20-21,23,25-27H2,(H,43,53);/t35-,37-;/m0./s1. The molecule has 2 aliphatic rings. The molecule has 2 saturated heterocycles. The van der Waals surface area contributed by atoms with E-state index in [9.17, 15) is 19.5 Å². The van der Waals surface area contributed by atoms with Crippen LogP contribution in [0.3, 0.4) is 0 Å². The van der Waals surface area contributed by atoms with Gasteiger partial charge in [-0.05, 0) is 53.1 Å². The fourth-order valence-corrected chi connectivity index (χ4v) is 7.16. The Morgan fingerprint density at radius 3 is 2.41 bits per heavy atom. The number of urea groups is 1. The molecule has 8 rings (SSSR count). The van der Waals surface area contributed by atoms with Gasteiger partial charge in [0.05, 0.1) is 24.8 Å². The first kappa shape index (κ1) is 36.4. The van der Waals surface area contributed by atoms with Crippen LogP contribution in [-0.4, -0.2) is 87.8 Å². The third kappa shape index (κ3) is 7.59. The molecular weight excluding hydrogens is 854 g/mol. The van der Waals surface area contributed by atoms with Crippen molar-refractivity contribution in [3.63, 3.8) is 0 Å². The van der Waals surface area contributed by atoms with Gasteiger partial charge in [-0.2, -0.15) is 5.10 Å². The van der Waals surface area contributed by atoms with Crippen LogP contribution in [0.1, 0.15) is 22.3 Å². The maximum absolute atomic E-state index is 14.6. The molecule has 0 saturated carbocycles. The third-order valence-electron chi connectivity index (χ3n) is 9.67. The van der Waals surface area contributed by atoms with E-state index in [1.807, 2.05) is 85.1 Å². The normalized spacial score (nSPS) is 17.3. The molecule has 272 valence electrons. The maximum Gasteiger partial charge on any atom is 0.334 e. The van der Waals surface area contributed by atoms with E-state index in [2.05, 4.69) is 20.4 Å². The average molecular weight is 892 g/mol. The summed E-state index contributed by atoms with van der Waals surface area (Å²) in [5.74, 6) is 0.244. The molecule has 2 atom stereocenters. The number of hydrogen-bond donors (Lipinski definition) is 2. The quantitative estimate of drug-likeness (QED) is 0.220. The topological polar surface area (TPSA) is 140 Å². The molecule has 54 heavy (non-hydrogen) atoms. The fourth-order valence-electron chi connectivity index (χ4n) is 7.16. The molecule has 14 heteroatoms. The second-order valence-electron chi connectivity index (χ2n) is 13.2. The third-order valence-corrected chi connectivity index (χ3v) is 9.67. The van der Waals surface area contributed by atoms with Gasteiger partial charge in [0.25, 0.3) is 0 Å². The van der Waals surface area contributed by atoms with Crippen LogP contribution in [0.5, 0.6) is 5.75 Å². The number of hydrogen-bond acceptors (Lipinski definition) is 8. The van der Waals surface area contributed by atoms with E-state index < -0.39 is 18.2 Å². The van der Waals surface area contributed by atoms with Crippen LogP contribution in [0.4, 0.5) is 4.79 Å². The Morgan fingerprint density at radius 1 is 0.815 bits per heavy atom. The first-order chi connectivity index (χ1) is 25.9. The Kier molecular flexibility index (Phi) is 10.8. The SMILES string of the molecule is O=C1[C@H](Cc2ccc(O)cc2)N2C(=O)CN(Cc3cnn(-c4ccccn4)c3)N(C(=O)NCc3ccccc3)[C@H]2CN1Cc1cccc2ncccc12.[W]. The van der Waals surface area contributed by atoms with E-state index in [1.54, 1.807) is 67.4 Å². The molecule has 0 radical (unpaired) electrons. The Hall–Kier alpha value is -5.91. The summed E-state index contributed by atoms with van der Waals surface area (Å²) in [6.07, 6.45) is 6.32. The molecule has 2 fully saturated rings. The first-order valence-electron chi connectivity index (χ1n) is 17.4. The molecule has 3 aromatic heterocycles. The summed E-state index contributed by atoms with van der Waals surface area (Å²) in [5, 5.41) is 21.8. The number of amides is 4. The Morgan fingerprint density at radius 2 is 1.61 bits per heavy atom. The second kappa shape index (κ2) is 16.0. The van der Waals surface area contributed by atoms with Crippen molar-refractivity contribution in [3.8, 4) is 11.6 Å². The van der Waals surface area contributed by atoms with E-state index in [-0.39, 0.29) is 77.8 Å². The molecule has 5 heterocycles. The number of phenols is 1. The van der Waals surface area contributed by atoms with Crippen molar-refractivity contribution in [2.24, 2.45) is 0 Å². The molecule has 4 amide bonds. The number of piperazine rings is 1. The van der Waals surface area contributed by atoms with Crippen molar-refractivity contribution in [3.05, 3.63) is 150 Å². The van der Waals surface area contributed by atoms with Crippen molar-refractivity contribution < 1.29 is 40.6 Å². The monoisotopic (exact) mass is 891 g/mol. The number of carbonyl (C=O) groups excluding carboxylic acids is 3. The molecule has 2 aliphatic heterocycles. The number of pyridine rings is 2. The number of fused-ring (bicyclic) bond motifs is 2. The predicted octanol–water partition coefficient (Wildman–Crippen LogP) is 4.27. The van der Waals surface area contributed by atoms with Crippen LogP contribution in [0.15, 0.2) is 128 Å².